The molecule has 0 heterocycles. The number of hydrogen-bond donors (Lipinski definition) is 1. The van der Waals surface area contributed by atoms with Gasteiger partial charge < -0.3 is 5.32 Å². The van der Waals surface area contributed by atoms with Gasteiger partial charge in [0.1, 0.15) is 0 Å². The standard InChI is InChI=1S/C19H32N2/c1-4-14-20-19(17-10-8-7-9-11-17)18(5-2)21(6-3)15-16-12-13-16/h7-11,16,18-20H,4-6,12-15H2,1-3H3. The molecule has 1 aromatic carbocycles. The van der Waals surface area contributed by atoms with Crippen LogP contribution in [0.4, 0.5) is 0 Å². The predicted molar refractivity (Wildman–Crippen MR) is 91.5 cm³/mol. The Morgan fingerprint density at radius 3 is 2.38 bits per heavy atom. The van der Waals surface area contributed by atoms with Crippen molar-refractivity contribution >= 4 is 0 Å². The Morgan fingerprint density at radius 1 is 1.14 bits per heavy atom. The summed E-state index contributed by atoms with van der Waals surface area (Å²) in [5.74, 6) is 0.960. The molecule has 0 aromatic heterocycles. The Balaban J connectivity index is 2.14. The van der Waals surface area contributed by atoms with Gasteiger partial charge >= 0.3 is 0 Å². The van der Waals surface area contributed by atoms with E-state index < -0.39 is 0 Å². The second-order valence-corrected chi connectivity index (χ2v) is 6.35. The van der Waals surface area contributed by atoms with Gasteiger partial charge in [-0.1, -0.05) is 51.1 Å². The Morgan fingerprint density at radius 2 is 1.86 bits per heavy atom. The van der Waals surface area contributed by atoms with Crippen molar-refractivity contribution < 1.29 is 0 Å². The molecule has 1 N–H and O–H groups in total. The molecule has 0 radical (unpaired) electrons. The van der Waals surface area contributed by atoms with E-state index in [1.54, 1.807) is 0 Å². The lowest BCUT2D eigenvalue weighted by atomic mass is 9.95. The van der Waals surface area contributed by atoms with E-state index in [0.29, 0.717) is 12.1 Å². The molecule has 1 aliphatic rings. The molecule has 1 saturated carbocycles. The molecule has 1 aliphatic carbocycles. The molecule has 0 bridgehead atoms. The quantitative estimate of drug-likeness (QED) is 0.693. The molecular weight excluding hydrogens is 256 g/mol. The maximum absolute atomic E-state index is 3.80. The van der Waals surface area contributed by atoms with Crippen LogP contribution >= 0.6 is 0 Å². The lowest BCUT2D eigenvalue weighted by Gasteiger charge is -2.37. The summed E-state index contributed by atoms with van der Waals surface area (Å²) in [6.07, 6.45) is 5.27. The zero-order chi connectivity index (χ0) is 15.1. The molecule has 0 aliphatic heterocycles. The highest BCUT2D eigenvalue weighted by molar-refractivity contribution is 5.21. The van der Waals surface area contributed by atoms with Crippen LogP contribution in [0.25, 0.3) is 0 Å². The third-order valence-corrected chi connectivity index (χ3v) is 4.64. The zero-order valence-corrected chi connectivity index (χ0v) is 14.0. The lowest BCUT2D eigenvalue weighted by Crippen LogP contribution is -2.45. The van der Waals surface area contributed by atoms with Crippen LogP contribution in [0.1, 0.15) is 58.1 Å². The van der Waals surface area contributed by atoms with Crippen molar-refractivity contribution in [1.29, 1.82) is 0 Å². The van der Waals surface area contributed by atoms with Gasteiger partial charge in [-0.05, 0) is 50.3 Å². The third kappa shape index (κ3) is 4.82. The SMILES string of the molecule is CCCNC(c1ccccc1)C(CC)N(CC)CC1CC1. The summed E-state index contributed by atoms with van der Waals surface area (Å²) in [5.41, 5.74) is 1.44. The minimum absolute atomic E-state index is 0.454. The molecule has 1 aromatic rings. The van der Waals surface area contributed by atoms with Gasteiger partial charge in [-0.3, -0.25) is 4.90 Å². The molecule has 0 saturated heterocycles. The highest BCUT2D eigenvalue weighted by atomic mass is 15.2. The second kappa shape index (κ2) is 8.55. The summed E-state index contributed by atoms with van der Waals surface area (Å²) < 4.78 is 0. The van der Waals surface area contributed by atoms with Crippen LogP contribution in [0.15, 0.2) is 30.3 Å². The fourth-order valence-electron chi connectivity index (χ4n) is 3.27. The Bertz CT molecular complexity index is 386. The summed E-state index contributed by atoms with van der Waals surface area (Å²) in [6.45, 7) is 10.4. The van der Waals surface area contributed by atoms with Gasteiger partial charge in [0.25, 0.3) is 0 Å². The molecule has 2 atom stereocenters. The largest absolute Gasteiger partial charge is 0.309 e. The topological polar surface area (TPSA) is 15.3 Å². The van der Waals surface area contributed by atoms with Crippen molar-refractivity contribution in [2.45, 2.75) is 58.5 Å². The predicted octanol–water partition coefficient (Wildman–Crippen LogP) is 4.24. The highest BCUT2D eigenvalue weighted by Crippen LogP contribution is 2.32. The summed E-state index contributed by atoms with van der Waals surface area (Å²) >= 11 is 0. The zero-order valence-electron chi connectivity index (χ0n) is 14.0. The molecule has 2 rings (SSSR count). The van der Waals surface area contributed by atoms with Gasteiger partial charge in [0, 0.05) is 18.6 Å². The fourth-order valence-corrected chi connectivity index (χ4v) is 3.27. The van der Waals surface area contributed by atoms with E-state index in [9.17, 15) is 0 Å². The van der Waals surface area contributed by atoms with E-state index in [1.807, 2.05) is 0 Å². The monoisotopic (exact) mass is 288 g/mol. The Kier molecular flexibility index (Phi) is 6.72. The number of rotatable bonds is 10. The molecular formula is C19H32N2. The molecule has 1 fully saturated rings. The molecule has 21 heavy (non-hydrogen) atoms. The van der Waals surface area contributed by atoms with Crippen molar-refractivity contribution in [3.63, 3.8) is 0 Å². The Labute approximate surface area is 130 Å². The molecule has 0 spiro atoms. The number of hydrogen-bond acceptors (Lipinski definition) is 2. The van der Waals surface area contributed by atoms with Crippen LogP contribution in [0.2, 0.25) is 0 Å². The van der Waals surface area contributed by atoms with Crippen LogP contribution in [0.5, 0.6) is 0 Å². The van der Waals surface area contributed by atoms with Crippen molar-refractivity contribution in [1.82, 2.24) is 10.2 Å². The summed E-state index contributed by atoms with van der Waals surface area (Å²) in [6, 6.07) is 12.1. The lowest BCUT2D eigenvalue weighted by molar-refractivity contribution is 0.152. The first kappa shape index (κ1) is 16.5. The summed E-state index contributed by atoms with van der Waals surface area (Å²) in [4.78, 5) is 2.71. The van der Waals surface area contributed by atoms with E-state index >= 15 is 0 Å². The van der Waals surface area contributed by atoms with E-state index in [2.05, 4.69) is 61.3 Å². The second-order valence-electron chi connectivity index (χ2n) is 6.35. The first-order valence-electron chi connectivity index (χ1n) is 8.82. The first-order chi connectivity index (χ1) is 10.3. The average Bonchev–Trinajstić information content (AvgIpc) is 3.34. The minimum atomic E-state index is 0.454. The normalized spacial score (nSPS) is 17.9. The van der Waals surface area contributed by atoms with Crippen LogP contribution in [-0.4, -0.2) is 30.6 Å². The van der Waals surface area contributed by atoms with Crippen LogP contribution in [0.3, 0.4) is 0 Å². The van der Waals surface area contributed by atoms with Gasteiger partial charge in [-0.25, -0.2) is 0 Å². The maximum atomic E-state index is 3.80. The Hall–Kier alpha value is -0.860. The molecule has 118 valence electrons. The summed E-state index contributed by atoms with van der Waals surface area (Å²) in [5, 5.41) is 3.80. The minimum Gasteiger partial charge on any atom is -0.309 e. The van der Waals surface area contributed by atoms with Gasteiger partial charge in [0.05, 0.1) is 0 Å². The number of likely N-dealkylation sites (N-methyl/N-ethyl adjacent to an activating group) is 1. The van der Waals surface area contributed by atoms with E-state index in [0.717, 1.165) is 19.0 Å². The van der Waals surface area contributed by atoms with Crippen LogP contribution in [-0.2, 0) is 0 Å². The molecule has 2 unspecified atom stereocenters. The average molecular weight is 288 g/mol. The van der Waals surface area contributed by atoms with Crippen LogP contribution < -0.4 is 5.32 Å². The van der Waals surface area contributed by atoms with Crippen molar-refractivity contribution in [2.24, 2.45) is 5.92 Å². The number of benzene rings is 1. The molecule has 0 amide bonds. The maximum Gasteiger partial charge on any atom is 0.0478 e. The highest BCUT2D eigenvalue weighted by Gasteiger charge is 2.31. The fraction of sp³-hybridized carbons (Fsp3) is 0.684. The van der Waals surface area contributed by atoms with E-state index in [4.69, 9.17) is 0 Å². The van der Waals surface area contributed by atoms with E-state index in [1.165, 1.54) is 37.8 Å². The van der Waals surface area contributed by atoms with Crippen molar-refractivity contribution in [3.05, 3.63) is 35.9 Å². The third-order valence-electron chi connectivity index (χ3n) is 4.64. The number of nitrogens with one attached hydrogen (secondary N) is 1. The van der Waals surface area contributed by atoms with Gasteiger partial charge in [0.15, 0.2) is 0 Å². The van der Waals surface area contributed by atoms with Gasteiger partial charge in [-0.15, -0.1) is 0 Å². The first-order valence-corrected chi connectivity index (χ1v) is 8.82. The molecule has 2 nitrogen and oxygen atoms in total. The van der Waals surface area contributed by atoms with Crippen LogP contribution in [0, 0.1) is 5.92 Å². The summed E-state index contributed by atoms with van der Waals surface area (Å²) in [7, 11) is 0. The number of nitrogens with zero attached hydrogens (tertiary/aromatic N) is 1. The van der Waals surface area contributed by atoms with Crippen molar-refractivity contribution in [3.8, 4) is 0 Å². The smallest absolute Gasteiger partial charge is 0.0478 e. The molecule has 2 heteroatoms. The van der Waals surface area contributed by atoms with Gasteiger partial charge in [-0.2, -0.15) is 0 Å². The van der Waals surface area contributed by atoms with E-state index in [-0.39, 0.29) is 0 Å². The van der Waals surface area contributed by atoms with Crippen molar-refractivity contribution in [2.75, 3.05) is 19.6 Å². The van der Waals surface area contributed by atoms with Gasteiger partial charge in [0.2, 0.25) is 0 Å².